The predicted molar refractivity (Wildman–Crippen MR) is 84.8 cm³/mol. The van der Waals surface area contributed by atoms with E-state index in [0.717, 1.165) is 17.1 Å². The minimum Gasteiger partial charge on any atom is -0.497 e. The minimum atomic E-state index is -3.71. The first-order valence-electron chi connectivity index (χ1n) is 7.42. The summed E-state index contributed by atoms with van der Waals surface area (Å²) in [6, 6.07) is 6.04. The van der Waals surface area contributed by atoms with Crippen LogP contribution in [0.5, 0.6) is 5.75 Å². The Morgan fingerprint density at radius 2 is 2.09 bits per heavy atom. The number of ether oxygens (including phenoxy) is 2. The fraction of sp³-hybridized carbons (Fsp3) is 0.533. The van der Waals surface area contributed by atoms with E-state index in [2.05, 4.69) is 5.32 Å². The fourth-order valence-electron chi connectivity index (χ4n) is 2.30. The fourth-order valence-corrected chi connectivity index (χ4v) is 3.43. The van der Waals surface area contributed by atoms with Crippen molar-refractivity contribution in [3.8, 4) is 5.75 Å². The van der Waals surface area contributed by atoms with Crippen molar-refractivity contribution in [3.63, 3.8) is 0 Å². The molecule has 1 saturated heterocycles. The number of hydrogen-bond acceptors (Lipinski definition) is 5. The number of carbonyl (C=O) groups excluding carboxylic acids is 1. The molecule has 1 N–H and O–H groups in total. The molecule has 0 aromatic heterocycles. The van der Waals surface area contributed by atoms with E-state index in [4.69, 9.17) is 9.47 Å². The second-order valence-corrected chi connectivity index (χ2v) is 7.42. The Balaban J connectivity index is 1.91. The van der Waals surface area contributed by atoms with Gasteiger partial charge in [-0.15, -0.1) is 0 Å². The zero-order chi connectivity index (χ0) is 16.9. The molecule has 1 aromatic carbocycles. The van der Waals surface area contributed by atoms with Gasteiger partial charge in [-0.2, -0.15) is 4.31 Å². The lowest BCUT2D eigenvalue weighted by molar-refractivity contribution is -0.121. The molecule has 1 amide bonds. The lowest BCUT2D eigenvalue weighted by atomic mass is 10.2. The lowest BCUT2D eigenvalue weighted by Crippen LogP contribution is -2.40. The third kappa shape index (κ3) is 4.66. The Kier molecular flexibility index (Phi) is 5.97. The van der Waals surface area contributed by atoms with Crippen molar-refractivity contribution in [1.29, 1.82) is 0 Å². The van der Waals surface area contributed by atoms with Gasteiger partial charge < -0.3 is 14.8 Å². The van der Waals surface area contributed by atoms with E-state index in [1.54, 1.807) is 12.1 Å². The van der Waals surface area contributed by atoms with E-state index in [0.29, 0.717) is 18.9 Å². The minimum absolute atomic E-state index is 0.0300. The lowest BCUT2D eigenvalue weighted by Gasteiger charge is -2.18. The Bertz CT molecular complexity index is 624. The molecule has 1 fully saturated rings. The van der Waals surface area contributed by atoms with E-state index < -0.39 is 10.0 Å². The van der Waals surface area contributed by atoms with Gasteiger partial charge in [0.15, 0.2) is 0 Å². The van der Waals surface area contributed by atoms with Crippen molar-refractivity contribution in [1.82, 2.24) is 9.62 Å². The van der Waals surface area contributed by atoms with E-state index >= 15 is 0 Å². The molecule has 1 unspecified atom stereocenters. The summed E-state index contributed by atoms with van der Waals surface area (Å²) >= 11 is 0. The monoisotopic (exact) mass is 342 g/mol. The van der Waals surface area contributed by atoms with Gasteiger partial charge in [-0.25, -0.2) is 8.42 Å². The summed E-state index contributed by atoms with van der Waals surface area (Å²) < 4.78 is 36.3. The molecular formula is C15H22N2O5S. The van der Waals surface area contributed by atoms with Crippen molar-refractivity contribution < 1.29 is 22.7 Å². The first-order valence-corrected chi connectivity index (χ1v) is 8.86. The summed E-state index contributed by atoms with van der Waals surface area (Å²) in [5.74, 6) is 0.223. The van der Waals surface area contributed by atoms with Crippen molar-refractivity contribution in [2.75, 3.05) is 33.9 Å². The largest absolute Gasteiger partial charge is 0.497 e. The Morgan fingerprint density at radius 1 is 1.39 bits per heavy atom. The number of carbonyl (C=O) groups is 1. The number of hydrogen-bond donors (Lipinski definition) is 1. The summed E-state index contributed by atoms with van der Waals surface area (Å²) in [7, 11) is -0.823. The molecule has 0 radical (unpaired) electrons. The van der Waals surface area contributed by atoms with Crippen LogP contribution in [0.4, 0.5) is 0 Å². The van der Waals surface area contributed by atoms with E-state index in [1.165, 1.54) is 26.3 Å². The quantitative estimate of drug-likeness (QED) is 0.785. The van der Waals surface area contributed by atoms with Crippen LogP contribution in [0.1, 0.15) is 12.8 Å². The summed E-state index contributed by atoms with van der Waals surface area (Å²) in [4.78, 5) is 12.0. The second-order valence-electron chi connectivity index (χ2n) is 5.38. The molecule has 0 aliphatic carbocycles. The third-order valence-corrected chi connectivity index (χ3v) is 5.50. The highest BCUT2D eigenvalue weighted by atomic mass is 32.2. The number of amides is 1. The molecule has 8 heteroatoms. The zero-order valence-electron chi connectivity index (χ0n) is 13.3. The van der Waals surface area contributed by atoms with Crippen LogP contribution in [0, 0.1) is 0 Å². The van der Waals surface area contributed by atoms with Gasteiger partial charge >= 0.3 is 0 Å². The Labute approximate surface area is 136 Å². The molecule has 1 atom stereocenters. The molecule has 0 saturated carbocycles. The van der Waals surface area contributed by atoms with E-state index in [9.17, 15) is 13.2 Å². The SMILES string of the molecule is COc1ccc(S(=O)(=O)N(C)CC(=O)NCC2CCCO2)cc1. The third-order valence-electron chi connectivity index (χ3n) is 3.68. The van der Waals surface area contributed by atoms with Crippen LogP contribution in [0.3, 0.4) is 0 Å². The highest BCUT2D eigenvalue weighted by molar-refractivity contribution is 7.89. The van der Waals surface area contributed by atoms with Crippen molar-refractivity contribution in [2.24, 2.45) is 0 Å². The smallest absolute Gasteiger partial charge is 0.243 e. The molecule has 1 aliphatic rings. The molecule has 128 valence electrons. The Morgan fingerprint density at radius 3 is 2.65 bits per heavy atom. The van der Waals surface area contributed by atoms with Gasteiger partial charge in [-0.05, 0) is 37.1 Å². The molecule has 23 heavy (non-hydrogen) atoms. The first kappa shape index (κ1) is 17.7. The standard InChI is InChI=1S/C15H22N2O5S/c1-17(11-15(18)16-10-13-4-3-9-22-13)23(19,20)14-7-5-12(21-2)6-8-14/h5-8,13H,3-4,9-11H2,1-2H3,(H,16,18). The van der Waals surface area contributed by atoms with Crippen LogP contribution in [-0.4, -0.2) is 58.6 Å². The molecule has 0 spiro atoms. The number of likely N-dealkylation sites (N-methyl/N-ethyl adjacent to an activating group) is 1. The molecule has 2 rings (SSSR count). The maximum atomic E-state index is 12.4. The van der Waals surface area contributed by atoms with Crippen LogP contribution < -0.4 is 10.1 Å². The number of benzene rings is 1. The number of rotatable bonds is 7. The molecular weight excluding hydrogens is 320 g/mol. The number of methoxy groups -OCH3 is 1. The summed E-state index contributed by atoms with van der Waals surface area (Å²) in [6.07, 6.45) is 1.94. The molecule has 1 aliphatic heterocycles. The molecule has 1 aromatic rings. The predicted octanol–water partition coefficient (Wildman–Crippen LogP) is 0.611. The number of sulfonamides is 1. The average molecular weight is 342 g/mol. The normalized spacial score (nSPS) is 18.1. The van der Waals surface area contributed by atoms with Gasteiger partial charge in [0, 0.05) is 20.2 Å². The van der Waals surface area contributed by atoms with Crippen LogP contribution in [0.15, 0.2) is 29.2 Å². The highest BCUT2D eigenvalue weighted by Gasteiger charge is 2.23. The summed E-state index contributed by atoms with van der Waals surface area (Å²) in [5, 5.41) is 2.71. The van der Waals surface area contributed by atoms with Crippen molar-refractivity contribution >= 4 is 15.9 Å². The number of nitrogens with one attached hydrogen (secondary N) is 1. The van der Waals surface area contributed by atoms with Crippen molar-refractivity contribution in [2.45, 2.75) is 23.8 Å². The van der Waals surface area contributed by atoms with Crippen LogP contribution in [0.2, 0.25) is 0 Å². The topological polar surface area (TPSA) is 84.9 Å². The van der Waals surface area contributed by atoms with E-state index in [1.807, 2.05) is 0 Å². The van der Waals surface area contributed by atoms with Gasteiger partial charge in [-0.3, -0.25) is 4.79 Å². The van der Waals surface area contributed by atoms with Crippen LogP contribution >= 0.6 is 0 Å². The first-order chi connectivity index (χ1) is 10.9. The van der Waals surface area contributed by atoms with Gasteiger partial charge in [-0.1, -0.05) is 0 Å². The van der Waals surface area contributed by atoms with Crippen molar-refractivity contribution in [3.05, 3.63) is 24.3 Å². The second kappa shape index (κ2) is 7.76. The highest BCUT2D eigenvalue weighted by Crippen LogP contribution is 2.18. The van der Waals surface area contributed by atoms with Gasteiger partial charge in [0.25, 0.3) is 0 Å². The van der Waals surface area contributed by atoms with Crippen LogP contribution in [-0.2, 0) is 19.6 Å². The van der Waals surface area contributed by atoms with Crippen LogP contribution in [0.25, 0.3) is 0 Å². The summed E-state index contributed by atoms with van der Waals surface area (Å²) in [5.41, 5.74) is 0. The number of nitrogens with zero attached hydrogens (tertiary/aromatic N) is 1. The van der Waals surface area contributed by atoms with Gasteiger partial charge in [0.05, 0.1) is 24.7 Å². The maximum absolute atomic E-state index is 12.4. The zero-order valence-corrected chi connectivity index (χ0v) is 14.1. The molecule has 0 bridgehead atoms. The van der Waals surface area contributed by atoms with Gasteiger partial charge in [0.2, 0.25) is 15.9 Å². The Hall–Kier alpha value is -1.64. The van der Waals surface area contributed by atoms with E-state index in [-0.39, 0.29) is 23.5 Å². The van der Waals surface area contributed by atoms with Gasteiger partial charge in [0.1, 0.15) is 5.75 Å². The molecule has 7 nitrogen and oxygen atoms in total. The summed E-state index contributed by atoms with van der Waals surface area (Å²) in [6.45, 7) is 0.891. The maximum Gasteiger partial charge on any atom is 0.243 e. The molecule has 1 heterocycles. The average Bonchev–Trinajstić information content (AvgIpc) is 3.06.